The molecule has 0 amide bonds. The number of anilines is 2. The summed E-state index contributed by atoms with van der Waals surface area (Å²) in [4.78, 5) is 8.57. The lowest BCUT2D eigenvalue weighted by Crippen LogP contribution is -2.11. The maximum Gasteiger partial charge on any atom is 0.191 e. The lowest BCUT2D eigenvalue weighted by Gasteiger charge is -2.09. The molecule has 0 unspecified atom stereocenters. The summed E-state index contributed by atoms with van der Waals surface area (Å²) in [6.45, 7) is 0.697. The zero-order valence-electron chi connectivity index (χ0n) is 10.4. The van der Waals surface area contributed by atoms with Gasteiger partial charge in [-0.05, 0) is 24.0 Å². The highest BCUT2D eigenvalue weighted by atomic mass is 79.9. The van der Waals surface area contributed by atoms with Gasteiger partial charge in [-0.1, -0.05) is 39.8 Å². The van der Waals surface area contributed by atoms with Gasteiger partial charge in [-0.2, -0.15) is 0 Å². The van der Waals surface area contributed by atoms with E-state index in [2.05, 4.69) is 48.8 Å². The minimum atomic E-state index is 0.595. The van der Waals surface area contributed by atoms with Crippen molar-refractivity contribution in [1.29, 1.82) is 0 Å². The maximum atomic E-state index is 5.38. The van der Waals surface area contributed by atoms with E-state index in [1.54, 1.807) is 6.07 Å². The molecule has 0 saturated carbocycles. The Hall–Kier alpha value is -1.31. The fraction of sp³-hybridized carbons (Fsp3) is 0.167. The van der Waals surface area contributed by atoms with Crippen LogP contribution in [-0.4, -0.2) is 16.2 Å². The van der Waals surface area contributed by atoms with Crippen LogP contribution in [-0.2, 0) is 6.54 Å². The fourth-order valence-corrected chi connectivity index (χ4v) is 2.12. The molecule has 0 saturated heterocycles. The monoisotopic (exact) mass is 339 g/mol. The van der Waals surface area contributed by atoms with Crippen LogP contribution in [0, 0.1) is 0 Å². The van der Waals surface area contributed by atoms with Crippen molar-refractivity contribution in [3.63, 3.8) is 0 Å². The van der Waals surface area contributed by atoms with Gasteiger partial charge in [0.05, 0.1) is 0 Å². The number of benzene rings is 1. The second-order valence-electron chi connectivity index (χ2n) is 3.75. The highest BCUT2D eigenvalue weighted by Crippen LogP contribution is 2.17. The number of hydrazine groups is 1. The van der Waals surface area contributed by atoms with Gasteiger partial charge < -0.3 is 10.7 Å². The number of halogens is 1. The molecule has 2 aromatic rings. The Bertz CT molecular complexity index is 524. The molecule has 1 aromatic heterocycles. The number of hydrogen-bond acceptors (Lipinski definition) is 6. The van der Waals surface area contributed by atoms with Crippen LogP contribution in [0.25, 0.3) is 0 Å². The first-order valence-corrected chi connectivity index (χ1v) is 7.61. The van der Waals surface area contributed by atoms with Gasteiger partial charge in [0.1, 0.15) is 11.6 Å². The van der Waals surface area contributed by atoms with E-state index in [9.17, 15) is 0 Å². The SMILES string of the molecule is CSc1nc(NN)cc(NCc2ccc(Br)cc2)n1. The van der Waals surface area contributed by atoms with Crippen LogP contribution in [0.5, 0.6) is 0 Å². The first-order chi connectivity index (χ1) is 9.21. The summed E-state index contributed by atoms with van der Waals surface area (Å²) < 4.78 is 1.07. The van der Waals surface area contributed by atoms with E-state index in [4.69, 9.17) is 5.84 Å². The van der Waals surface area contributed by atoms with Crippen LogP contribution in [0.15, 0.2) is 40.0 Å². The molecule has 7 heteroatoms. The number of rotatable bonds is 5. The second kappa shape index (κ2) is 6.74. The number of aromatic nitrogens is 2. The lowest BCUT2D eigenvalue weighted by molar-refractivity contribution is 0.953. The molecular formula is C12H14BrN5S. The Morgan fingerprint density at radius 1 is 1.21 bits per heavy atom. The molecule has 1 aromatic carbocycles. The van der Waals surface area contributed by atoms with Crippen LogP contribution in [0.3, 0.4) is 0 Å². The molecule has 0 radical (unpaired) electrons. The number of nitrogen functional groups attached to an aromatic ring is 1. The molecule has 19 heavy (non-hydrogen) atoms. The third kappa shape index (κ3) is 4.09. The molecule has 0 aliphatic carbocycles. The van der Waals surface area contributed by atoms with Crippen molar-refractivity contribution in [3.8, 4) is 0 Å². The van der Waals surface area contributed by atoms with Crippen molar-refractivity contribution in [2.75, 3.05) is 17.0 Å². The zero-order valence-corrected chi connectivity index (χ0v) is 12.8. The van der Waals surface area contributed by atoms with Crippen LogP contribution in [0.2, 0.25) is 0 Å². The highest BCUT2D eigenvalue weighted by Gasteiger charge is 2.03. The van der Waals surface area contributed by atoms with Crippen molar-refractivity contribution in [2.24, 2.45) is 5.84 Å². The number of nitrogens with one attached hydrogen (secondary N) is 2. The third-order valence-electron chi connectivity index (χ3n) is 2.42. The molecule has 2 rings (SSSR count). The Labute approximate surface area is 124 Å². The molecule has 0 bridgehead atoms. The van der Waals surface area contributed by atoms with Gasteiger partial charge in [-0.3, -0.25) is 0 Å². The summed E-state index contributed by atoms with van der Waals surface area (Å²) in [5.74, 6) is 6.72. The van der Waals surface area contributed by atoms with Gasteiger partial charge in [0, 0.05) is 17.1 Å². The summed E-state index contributed by atoms with van der Waals surface area (Å²) in [7, 11) is 0. The minimum absolute atomic E-state index is 0.595. The first kappa shape index (κ1) is 14.1. The predicted octanol–water partition coefficient (Wildman–Crippen LogP) is 2.86. The molecule has 1 heterocycles. The van der Waals surface area contributed by atoms with E-state index >= 15 is 0 Å². The van der Waals surface area contributed by atoms with Gasteiger partial charge in [0.25, 0.3) is 0 Å². The van der Waals surface area contributed by atoms with Crippen molar-refractivity contribution in [1.82, 2.24) is 9.97 Å². The average molecular weight is 340 g/mol. The van der Waals surface area contributed by atoms with E-state index in [1.807, 2.05) is 18.4 Å². The van der Waals surface area contributed by atoms with Gasteiger partial charge in [0.2, 0.25) is 0 Å². The van der Waals surface area contributed by atoms with E-state index in [0.717, 1.165) is 10.3 Å². The molecule has 100 valence electrons. The van der Waals surface area contributed by atoms with Gasteiger partial charge in [-0.25, -0.2) is 15.8 Å². The van der Waals surface area contributed by atoms with Crippen LogP contribution >= 0.6 is 27.7 Å². The predicted molar refractivity (Wildman–Crippen MR) is 83.1 cm³/mol. The van der Waals surface area contributed by atoms with Crippen molar-refractivity contribution < 1.29 is 0 Å². The van der Waals surface area contributed by atoms with Crippen molar-refractivity contribution in [2.45, 2.75) is 11.7 Å². The summed E-state index contributed by atoms with van der Waals surface area (Å²) >= 11 is 4.89. The van der Waals surface area contributed by atoms with E-state index < -0.39 is 0 Å². The van der Waals surface area contributed by atoms with E-state index in [1.165, 1.54) is 17.3 Å². The molecule has 0 aliphatic heterocycles. The summed E-state index contributed by atoms with van der Waals surface area (Å²) in [6.07, 6.45) is 1.92. The standard InChI is InChI=1S/C12H14BrN5S/c1-19-12-16-10(6-11(17-12)18-14)15-7-8-2-4-9(13)5-3-8/h2-6H,7,14H2,1H3,(H2,15,16,17,18). The summed E-state index contributed by atoms with van der Waals surface area (Å²) in [6, 6.07) is 9.90. The fourth-order valence-electron chi connectivity index (χ4n) is 1.48. The molecule has 0 atom stereocenters. The number of nitrogens with two attached hydrogens (primary N) is 1. The van der Waals surface area contributed by atoms with E-state index in [0.29, 0.717) is 17.5 Å². The molecule has 0 fully saturated rings. The second-order valence-corrected chi connectivity index (χ2v) is 5.44. The van der Waals surface area contributed by atoms with E-state index in [-0.39, 0.29) is 0 Å². The normalized spacial score (nSPS) is 10.3. The van der Waals surface area contributed by atoms with Gasteiger partial charge in [-0.15, -0.1) is 0 Å². The maximum absolute atomic E-state index is 5.38. The minimum Gasteiger partial charge on any atom is -0.366 e. The number of thioether (sulfide) groups is 1. The highest BCUT2D eigenvalue weighted by molar-refractivity contribution is 9.10. The van der Waals surface area contributed by atoms with Crippen molar-refractivity contribution in [3.05, 3.63) is 40.4 Å². The third-order valence-corrected chi connectivity index (χ3v) is 3.50. The Morgan fingerprint density at radius 3 is 2.53 bits per heavy atom. The molecule has 4 N–H and O–H groups in total. The Morgan fingerprint density at radius 2 is 1.89 bits per heavy atom. The van der Waals surface area contributed by atoms with Crippen LogP contribution in [0.4, 0.5) is 11.6 Å². The summed E-state index contributed by atoms with van der Waals surface area (Å²) in [5.41, 5.74) is 3.71. The smallest absolute Gasteiger partial charge is 0.191 e. The number of nitrogens with zero attached hydrogens (tertiary/aromatic N) is 2. The van der Waals surface area contributed by atoms with Gasteiger partial charge in [0.15, 0.2) is 5.16 Å². The largest absolute Gasteiger partial charge is 0.366 e. The Kier molecular flexibility index (Phi) is 5.00. The number of hydrogen-bond donors (Lipinski definition) is 3. The quantitative estimate of drug-likeness (QED) is 0.336. The Balaban J connectivity index is 2.08. The summed E-state index contributed by atoms with van der Waals surface area (Å²) in [5, 5.41) is 3.93. The average Bonchev–Trinajstić information content (AvgIpc) is 2.46. The zero-order chi connectivity index (χ0) is 13.7. The van der Waals surface area contributed by atoms with Gasteiger partial charge >= 0.3 is 0 Å². The molecule has 0 spiro atoms. The van der Waals surface area contributed by atoms with Crippen LogP contribution < -0.4 is 16.6 Å². The van der Waals surface area contributed by atoms with Crippen LogP contribution in [0.1, 0.15) is 5.56 Å². The molecule has 5 nitrogen and oxygen atoms in total. The first-order valence-electron chi connectivity index (χ1n) is 5.59. The molecule has 0 aliphatic rings. The molecular weight excluding hydrogens is 326 g/mol. The lowest BCUT2D eigenvalue weighted by atomic mass is 10.2. The topological polar surface area (TPSA) is 75.9 Å². The van der Waals surface area contributed by atoms with Crippen molar-refractivity contribution >= 4 is 39.3 Å².